The van der Waals surface area contributed by atoms with Crippen LogP contribution in [0.2, 0.25) is 0 Å². The molecule has 1 aromatic rings. The zero-order valence-corrected chi connectivity index (χ0v) is 19.0. The minimum atomic E-state index is -0.383. The van der Waals surface area contributed by atoms with Gasteiger partial charge in [-0.05, 0) is 37.0 Å². The molecule has 0 fully saturated rings. The lowest BCUT2D eigenvalue weighted by Gasteiger charge is -2.08. The standard InChI is InChI=1S/C25H44N2O2/c1-3-4-5-6-7-8-9-10-11-12-13-14-15-16-17-18-19-23-21-25(27(28)29)24(26)20-22(23)2/h20-21H,3-19,26H2,1-2H3. The number of hydrogen-bond acceptors (Lipinski definition) is 3. The van der Waals surface area contributed by atoms with Crippen molar-refractivity contribution in [3.63, 3.8) is 0 Å². The summed E-state index contributed by atoms with van der Waals surface area (Å²) in [6.07, 6.45) is 22.6. The summed E-state index contributed by atoms with van der Waals surface area (Å²) < 4.78 is 0. The van der Waals surface area contributed by atoms with Gasteiger partial charge in [-0.2, -0.15) is 0 Å². The molecule has 0 aliphatic carbocycles. The first kappa shape index (κ1) is 25.5. The Hall–Kier alpha value is -1.58. The van der Waals surface area contributed by atoms with Crippen LogP contribution in [0.3, 0.4) is 0 Å². The lowest BCUT2D eigenvalue weighted by Crippen LogP contribution is -1.99. The van der Waals surface area contributed by atoms with Gasteiger partial charge in [0.1, 0.15) is 5.69 Å². The summed E-state index contributed by atoms with van der Waals surface area (Å²) in [7, 11) is 0. The van der Waals surface area contributed by atoms with Gasteiger partial charge in [-0.3, -0.25) is 10.1 Å². The fourth-order valence-electron chi connectivity index (χ4n) is 4.05. The lowest BCUT2D eigenvalue weighted by atomic mass is 9.99. The molecule has 0 saturated heterocycles. The summed E-state index contributed by atoms with van der Waals surface area (Å²) >= 11 is 0. The van der Waals surface area contributed by atoms with Crippen molar-refractivity contribution >= 4 is 11.4 Å². The molecular formula is C25H44N2O2. The first-order valence-electron chi connectivity index (χ1n) is 12.1. The smallest absolute Gasteiger partial charge is 0.292 e. The van der Waals surface area contributed by atoms with Crippen LogP contribution in [-0.2, 0) is 6.42 Å². The number of anilines is 1. The monoisotopic (exact) mass is 404 g/mol. The molecule has 0 amide bonds. The molecule has 2 N–H and O–H groups in total. The fourth-order valence-corrected chi connectivity index (χ4v) is 4.05. The lowest BCUT2D eigenvalue weighted by molar-refractivity contribution is -0.384. The topological polar surface area (TPSA) is 69.2 Å². The van der Waals surface area contributed by atoms with Gasteiger partial charge >= 0.3 is 0 Å². The molecular weight excluding hydrogens is 360 g/mol. The number of aryl methyl sites for hydroxylation is 2. The van der Waals surface area contributed by atoms with Crippen LogP contribution in [0.5, 0.6) is 0 Å². The third-order valence-electron chi connectivity index (χ3n) is 5.98. The summed E-state index contributed by atoms with van der Waals surface area (Å²) in [6.45, 7) is 4.26. The van der Waals surface area contributed by atoms with E-state index in [2.05, 4.69) is 6.92 Å². The third-order valence-corrected chi connectivity index (χ3v) is 5.98. The second-order valence-corrected chi connectivity index (χ2v) is 8.65. The number of nitrogen functional groups attached to an aromatic ring is 1. The van der Waals surface area contributed by atoms with E-state index in [1.807, 2.05) is 6.92 Å². The Bertz CT molecular complexity index is 572. The van der Waals surface area contributed by atoms with Gasteiger partial charge in [0.15, 0.2) is 0 Å². The average molecular weight is 405 g/mol. The first-order valence-corrected chi connectivity index (χ1v) is 12.1. The van der Waals surface area contributed by atoms with E-state index in [0.717, 1.165) is 24.0 Å². The van der Waals surface area contributed by atoms with Crippen LogP contribution >= 0.6 is 0 Å². The Morgan fingerprint density at radius 1 is 0.759 bits per heavy atom. The number of benzene rings is 1. The maximum Gasteiger partial charge on any atom is 0.292 e. The number of nitrogens with two attached hydrogens (primary N) is 1. The number of hydrogen-bond donors (Lipinski definition) is 1. The largest absolute Gasteiger partial charge is 0.393 e. The van der Waals surface area contributed by atoms with Crippen molar-refractivity contribution in [1.82, 2.24) is 0 Å². The molecule has 4 heteroatoms. The molecule has 0 unspecified atom stereocenters. The Morgan fingerprint density at radius 3 is 1.59 bits per heavy atom. The second-order valence-electron chi connectivity index (χ2n) is 8.65. The van der Waals surface area contributed by atoms with E-state index >= 15 is 0 Å². The van der Waals surface area contributed by atoms with Crippen LogP contribution in [0.25, 0.3) is 0 Å². The van der Waals surface area contributed by atoms with E-state index in [-0.39, 0.29) is 16.3 Å². The van der Waals surface area contributed by atoms with Gasteiger partial charge in [-0.1, -0.05) is 103 Å². The highest BCUT2D eigenvalue weighted by Crippen LogP contribution is 2.26. The van der Waals surface area contributed by atoms with E-state index in [4.69, 9.17) is 5.73 Å². The molecule has 0 aromatic heterocycles. The van der Waals surface area contributed by atoms with Crippen LogP contribution in [0.1, 0.15) is 121 Å². The molecule has 0 heterocycles. The van der Waals surface area contributed by atoms with E-state index < -0.39 is 0 Å². The van der Waals surface area contributed by atoms with Gasteiger partial charge in [0.05, 0.1) is 4.92 Å². The molecule has 1 aromatic carbocycles. The Morgan fingerprint density at radius 2 is 1.17 bits per heavy atom. The SMILES string of the molecule is CCCCCCCCCCCCCCCCCCc1cc([N+](=O)[O-])c(N)cc1C. The van der Waals surface area contributed by atoms with Gasteiger partial charge < -0.3 is 5.73 Å². The van der Waals surface area contributed by atoms with E-state index in [1.54, 1.807) is 12.1 Å². The highest BCUT2D eigenvalue weighted by molar-refractivity contribution is 5.61. The molecule has 4 nitrogen and oxygen atoms in total. The fraction of sp³-hybridized carbons (Fsp3) is 0.760. The summed E-state index contributed by atoms with van der Waals surface area (Å²) in [5.41, 5.74) is 8.18. The van der Waals surface area contributed by atoms with Crippen molar-refractivity contribution < 1.29 is 4.92 Å². The Balaban J connectivity index is 1.95. The van der Waals surface area contributed by atoms with Crippen LogP contribution < -0.4 is 5.73 Å². The minimum Gasteiger partial charge on any atom is -0.393 e. The Labute approximate surface area is 178 Å². The Kier molecular flexibility index (Phi) is 14.3. The molecule has 0 radical (unpaired) electrons. The number of unbranched alkanes of at least 4 members (excludes halogenated alkanes) is 15. The molecule has 0 aliphatic rings. The quantitative estimate of drug-likeness (QED) is 0.116. The molecule has 1 rings (SSSR count). The zero-order chi connectivity index (χ0) is 21.3. The summed E-state index contributed by atoms with van der Waals surface area (Å²) in [5.74, 6) is 0. The van der Waals surface area contributed by atoms with Crippen molar-refractivity contribution in [3.05, 3.63) is 33.4 Å². The van der Waals surface area contributed by atoms with E-state index in [0.29, 0.717) is 0 Å². The normalized spacial score (nSPS) is 11.1. The van der Waals surface area contributed by atoms with Crippen molar-refractivity contribution in [3.8, 4) is 0 Å². The molecule has 0 atom stereocenters. The van der Waals surface area contributed by atoms with Crippen molar-refractivity contribution in [2.45, 2.75) is 123 Å². The van der Waals surface area contributed by atoms with Gasteiger partial charge in [-0.15, -0.1) is 0 Å². The predicted molar refractivity (Wildman–Crippen MR) is 125 cm³/mol. The number of nitro groups is 1. The highest BCUT2D eigenvalue weighted by atomic mass is 16.6. The molecule has 0 spiro atoms. The molecule has 29 heavy (non-hydrogen) atoms. The third kappa shape index (κ3) is 11.9. The number of nitro benzene ring substituents is 1. The first-order chi connectivity index (χ1) is 14.1. The van der Waals surface area contributed by atoms with Gasteiger partial charge in [0.2, 0.25) is 0 Å². The van der Waals surface area contributed by atoms with Gasteiger partial charge in [0, 0.05) is 6.07 Å². The molecule has 0 bridgehead atoms. The molecule has 166 valence electrons. The average Bonchev–Trinajstić information content (AvgIpc) is 2.68. The predicted octanol–water partition coefficient (Wildman–Crippen LogP) is 8.29. The summed E-state index contributed by atoms with van der Waals surface area (Å²) in [5, 5.41) is 11.0. The van der Waals surface area contributed by atoms with Crippen molar-refractivity contribution in [2.75, 3.05) is 5.73 Å². The molecule has 0 saturated carbocycles. The molecule has 0 aliphatic heterocycles. The number of rotatable bonds is 18. The maximum atomic E-state index is 11.0. The highest BCUT2D eigenvalue weighted by Gasteiger charge is 2.14. The minimum absolute atomic E-state index is 0.0436. The van der Waals surface area contributed by atoms with Crippen LogP contribution in [0.4, 0.5) is 11.4 Å². The van der Waals surface area contributed by atoms with Crippen LogP contribution in [0.15, 0.2) is 12.1 Å². The van der Waals surface area contributed by atoms with Gasteiger partial charge in [-0.25, -0.2) is 0 Å². The van der Waals surface area contributed by atoms with Crippen LogP contribution in [0, 0.1) is 17.0 Å². The summed E-state index contributed by atoms with van der Waals surface area (Å²) in [4.78, 5) is 10.7. The van der Waals surface area contributed by atoms with Crippen LogP contribution in [-0.4, -0.2) is 4.92 Å². The van der Waals surface area contributed by atoms with E-state index in [9.17, 15) is 10.1 Å². The van der Waals surface area contributed by atoms with Crippen molar-refractivity contribution in [2.24, 2.45) is 0 Å². The number of nitrogens with zero attached hydrogens (tertiary/aromatic N) is 1. The maximum absolute atomic E-state index is 11.0. The zero-order valence-electron chi connectivity index (χ0n) is 19.0. The van der Waals surface area contributed by atoms with Gasteiger partial charge in [0.25, 0.3) is 5.69 Å². The second kappa shape index (κ2) is 16.2. The van der Waals surface area contributed by atoms with Crippen molar-refractivity contribution in [1.29, 1.82) is 0 Å². The van der Waals surface area contributed by atoms with E-state index in [1.165, 1.54) is 96.3 Å². The summed E-state index contributed by atoms with van der Waals surface area (Å²) in [6, 6.07) is 3.40.